The molecular formula is C29H36N4O. The SMILES string of the molecule is CCc1cc2c(cc1OCc1ccccc1)CCC1C2CC[C@@]2(C)C1CC[C@@H]2Cc1nn[nH]n1. The Morgan fingerprint density at radius 1 is 1.09 bits per heavy atom. The fourth-order valence-electron chi connectivity index (χ4n) is 7.73. The summed E-state index contributed by atoms with van der Waals surface area (Å²) < 4.78 is 6.35. The summed E-state index contributed by atoms with van der Waals surface area (Å²) in [5.41, 5.74) is 6.16. The van der Waals surface area contributed by atoms with Crippen molar-refractivity contribution in [2.45, 2.75) is 77.7 Å². The van der Waals surface area contributed by atoms with E-state index in [1.54, 1.807) is 5.56 Å². The van der Waals surface area contributed by atoms with E-state index >= 15 is 0 Å². The molecule has 5 heteroatoms. The van der Waals surface area contributed by atoms with Gasteiger partial charge >= 0.3 is 0 Å². The van der Waals surface area contributed by atoms with E-state index in [9.17, 15) is 0 Å². The van der Waals surface area contributed by atoms with Crippen LogP contribution < -0.4 is 4.74 Å². The molecule has 3 aliphatic rings. The Balaban J connectivity index is 1.23. The lowest BCUT2D eigenvalue weighted by molar-refractivity contribution is 0.0279. The van der Waals surface area contributed by atoms with Crippen molar-refractivity contribution in [3.05, 3.63) is 70.5 Å². The quantitative estimate of drug-likeness (QED) is 0.490. The molecule has 3 aliphatic carbocycles. The average Bonchev–Trinajstić information content (AvgIpc) is 3.50. The summed E-state index contributed by atoms with van der Waals surface area (Å²) in [4.78, 5) is 0. The van der Waals surface area contributed by atoms with Crippen LogP contribution in [0.5, 0.6) is 5.75 Å². The maximum absolute atomic E-state index is 6.35. The number of benzene rings is 2. The van der Waals surface area contributed by atoms with Crippen LogP contribution in [0.15, 0.2) is 42.5 Å². The predicted octanol–water partition coefficient (Wildman–Crippen LogP) is 6.06. The van der Waals surface area contributed by atoms with E-state index in [4.69, 9.17) is 4.74 Å². The van der Waals surface area contributed by atoms with E-state index in [2.05, 4.69) is 76.9 Å². The number of rotatable bonds is 6. The van der Waals surface area contributed by atoms with Crippen LogP contribution in [-0.4, -0.2) is 20.6 Å². The molecule has 1 N–H and O–H groups in total. The second kappa shape index (κ2) is 8.83. The summed E-state index contributed by atoms with van der Waals surface area (Å²) >= 11 is 0. The van der Waals surface area contributed by atoms with Gasteiger partial charge in [0.25, 0.3) is 0 Å². The molecule has 3 unspecified atom stereocenters. The maximum atomic E-state index is 6.35. The Kier molecular flexibility index (Phi) is 5.66. The first-order valence-electron chi connectivity index (χ1n) is 13.2. The molecule has 0 aliphatic heterocycles. The Morgan fingerprint density at radius 2 is 1.97 bits per heavy atom. The molecule has 0 radical (unpaired) electrons. The molecule has 1 aromatic heterocycles. The first kappa shape index (κ1) is 21.8. The minimum Gasteiger partial charge on any atom is -0.489 e. The average molecular weight is 457 g/mol. The normalized spacial score (nSPS) is 29.8. The lowest BCUT2D eigenvalue weighted by Gasteiger charge is -2.51. The van der Waals surface area contributed by atoms with Crippen molar-refractivity contribution in [2.75, 3.05) is 0 Å². The highest BCUT2D eigenvalue weighted by atomic mass is 16.5. The van der Waals surface area contributed by atoms with Crippen molar-refractivity contribution < 1.29 is 4.74 Å². The first-order chi connectivity index (χ1) is 16.7. The Bertz CT molecular complexity index is 1130. The molecule has 5 nitrogen and oxygen atoms in total. The predicted molar refractivity (Wildman–Crippen MR) is 133 cm³/mol. The van der Waals surface area contributed by atoms with Crippen molar-refractivity contribution in [3.8, 4) is 5.75 Å². The number of aromatic amines is 1. The second-order valence-electron chi connectivity index (χ2n) is 11.1. The summed E-state index contributed by atoms with van der Waals surface area (Å²) in [6.45, 7) is 5.47. The number of nitrogens with one attached hydrogen (secondary N) is 1. The summed E-state index contributed by atoms with van der Waals surface area (Å²) in [6, 6.07) is 15.4. The summed E-state index contributed by atoms with van der Waals surface area (Å²) in [5.74, 6) is 4.98. The first-order valence-corrected chi connectivity index (χ1v) is 13.2. The minimum absolute atomic E-state index is 0.408. The Morgan fingerprint density at radius 3 is 2.76 bits per heavy atom. The van der Waals surface area contributed by atoms with Gasteiger partial charge in [0.1, 0.15) is 12.4 Å². The number of aryl methyl sites for hydroxylation is 2. The van der Waals surface area contributed by atoms with Crippen LogP contribution in [0.4, 0.5) is 0 Å². The monoisotopic (exact) mass is 456 g/mol. The number of tetrazole rings is 1. The second-order valence-corrected chi connectivity index (χ2v) is 11.1. The highest BCUT2D eigenvalue weighted by molar-refractivity contribution is 5.46. The molecule has 5 atom stereocenters. The fraction of sp³-hybridized carbons (Fsp3) is 0.552. The van der Waals surface area contributed by atoms with Gasteiger partial charge in [-0.2, -0.15) is 5.21 Å². The van der Waals surface area contributed by atoms with Gasteiger partial charge in [0.2, 0.25) is 0 Å². The number of hydrogen-bond donors (Lipinski definition) is 1. The standard InChI is InChI=1S/C29H36N4O/c1-3-20-15-25-21(16-27(20)34-18-19-7-5-4-6-8-19)9-11-24-23(25)13-14-29(2)22(10-12-26(24)29)17-28-30-32-33-31-28/h4-8,15-16,22-24,26H,3,9-14,17-18H2,1-2H3,(H,30,31,32,33)/t22-,23?,24?,26?,29-/m1/s1. The zero-order valence-electron chi connectivity index (χ0n) is 20.5. The van der Waals surface area contributed by atoms with Gasteiger partial charge in [0.15, 0.2) is 5.82 Å². The molecule has 1 heterocycles. The highest BCUT2D eigenvalue weighted by Crippen LogP contribution is 2.63. The number of H-pyrrole nitrogens is 1. The van der Waals surface area contributed by atoms with Crippen molar-refractivity contribution in [2.24, 2.45) is 23.2 Å². The molecule has 2 saturated carbocycles. The number of ether oxygens (including phenoxy) is 1. The van der Waals surface area contributed by atoms with Gasteiger partial charge in [-0.05, 0) is 102 Å². The van der Waals surface area contributed by atoms with Crippen molar-refractivity contribution in [3.63, 3.8) is 0 Å². The van der Waals surface area contributed by atoms with Gasteiger partial charge in [-0.25, -0.2) is 0 Å². The van der Waals surface area contributed by atoms with Crippen molar-refractivity contribution >= 4 is 0 Å². The van der Waals surface area contributed by atoms with Gasteiger partial charge in [0.05, 0.1) is 0 Å². The van der Waals surface area contributed by atoms with Crippen LogP contribution in [0.2, 0.25) is 0 Å². The third kappa shape index (κ3) is 3.73. The van der Waals surface area contributed by atoms with Crippen LogP contribution in [-0.2, 0) is 25.9 Å². The largest absolute Gasteiger partial charge is 0.489 e. The van der Waals surface area contributed by atoms with Gasteiger partial charge in [-0.15, -0.1) is 10.2 Å². The Hall–Kier alpha value is -2.69. The van der Waals surface area contributed by atoms with Crippen LogP contribution in [0.25, 0.3) is 0 Å². The van der Waals surface area contributed by atoms with Gasteiger partial charge in [-0.1, -0.05) is 55.5 Å². The highest BCUT2D eigenvalue weighted by Gasteiger charge is 2.54. The minimum atomic E-state index is 0.408. The lowest BCUT2D eigenvalue weighted by atomic mass is 9.54. The molecular weight excluding hydrogens is 420 g/mol. The van der Waals surface area contributed by atoms with Gasteiger partial charge in [-0.3, -0.25) is 0 Å². The van der Waals surface area contributed by atoms with E-state index in [0.29, 0.717) is 23.9 Å². The van der Waals surface area contributed by atoms with Gasteiger partial charge in [0, 0.05) is 6.42 Å². The molecule has 0 saturated heterocycles. The van der Waals surface area contributed by atoms with Crippen LogP contribution in [0, 0.1) is 23.2 Å². The van der Waals surface area contributed by atoms with Crippen molar-refractivity contribution in [1.29, 1.82) is 0 Å². The number of nitrogens with zero attached hydrogens (tertiary/aromatic N) is 3. The summed E-state index contributed by atoms with van der Waals surface area (Å²) in [5, 5.41) is 15.0. The van der Waals surface area contributed by atoms with E-state index in [-0.39, 0.29) is 0 Å². The third-order valence-electron chi connectivity index (χ3n) is 9.54. The molecule has 0 bridgehead atoms. The van der Waals surface area contributed by atoms with Crippen LogP contribution in [0.1, 0.15) is 79.9 Å². The molecule has 0 spiro atoms. The molecule has 2 fully saturated rings. The number of fused-ring (bicyclic) bond motifs is 5. The fourth-order valence-corrected chi connectivity index (χ4v) is 7.73. The summed E-state index contributed by atoms with van der Waals surface area (Å²) in [6.07, 6.45) is 9.77. The van der Waals surface area contributed by atoms with Gasteiger partial charge < -0.3 is 4.74 Å². The topological polar surface area (TPSA) is 63.7 Å². The van der Waals surface area contributed by atoms with E-state index in [0.717, 1.165) is 36.3 Å². The molecule has 34 heavy (non-hydrogen) atoms. The molecule has 3 aromatic rings. The van der Waals surface area contributed by atoms with Crippen LogP contribution >= 0.6 is 0 Å². The maximum Gasteiger partial charge on any atom is 0.174 e. The molecule has 178 valence electrons. The molecule has 2 aromatic carbocycles. The van der Waals surface area contributed by atoms with E-state index in [1.165, 1.54) is 55.2 Å². The summed E-state index contributed by atoms with van der Waals surface area (Å²) in [7, 11) is 0. The number of aromatic nitrogens is 4. The number of hydrogen-bond acceptors (Lipinski definition) is 4. The zero-order chi connectivity index (χ0) is 23.1. The molecule has 6 rings (SSSR count). The third-order valence-corrected chi connectivity index (χ3v) is 9.54. The lowest BCUT2D eigenvalue weighted by Crippen LogP contribution is -2.42. The van der Waals surface area contributed by atoms with Crippen molar-refractivity contribution in [1.82, 2.24) is 20.6 Å². The molecule has 0 amide bonds. The van der Waals surface area contributed by atoms with Crippen LogP contribution in [0.3, 0.4) is 0 Å². The van der Waals surface area contributed by atoms with E-state index in [1.807, 2.05) is 0 Å². The van der Waals surface area contributed by atoms with E-state index < -0.39 is 0 Å². The Labute approximate surface area is 202 Å². The smallest absolute Gasteiger partial charge is 0.174 e. The zero-order valence-corrected chi connectivity index (χ0v) is 20.5.